The first kappa shape index (κ1) is 11.7. The van der Waals surface area contributed by atoms with Gasteiger partial charge in [-0.05, 0) is 31.6 Å². The molecule has 72 valence electrons. The summed E-state index contributed by atoms with van der Waals surface area (Å²) in [5.41, 5.74) is 0. The van der Waals surface area contributed by atoms with Crippen molar-refractivity contribution >= 4 is 0 Å². The number of unbranched alkanes of at least 4 members (excludes halogenated alkanes) is 3. The number of hydrogen-bond donors (Lipinski definition) is 0. The van der Waals surface area contributed by atoms with E-state index in [2.05, 4.69) is 32.9 Å². The summed E-state index contributed by atoms with van der Waals surface area (Å²) in [7, 11) is 0. The summed E-state index contributed by atoms with van der Waals surface area (Å²) in [5.74, 6) is 0.826. The second-order valence-electron chi connectivity index (χ2n) is 3.50. The lowest BCUT2D eigenvalue weighted by molar-refractivity contribution is 0.602. The van der Waals surface area contributed by atoms with Gasteiger partial charge in [0.1, 0.15) is 0 Å². The molecule has 0 saturated carbocycles. The van der Waals surface area contributed by atoms with Crippen LogP contribution in [0.5, 0.6) is 0 Å². The van der Waals surface area contributed by atoms with Crippen LogP contribution in [0.1, 0.15) is 59.3 Å². The van der Waals surface area contributed by atoms with Gasteiger partial charge in [0.2, 0.25) is 0 Å². The fourth-order valence-corrected chi connectivity index (χ4v) is 1.36. The molecule has 0 aromatic heterocycles. The lowest BCUT2D eigenvalue weighted by Crippen LogP contribution is -1.89. The standard InChI is InChI=1S/C12H24/c1-4-7-8-9-10-11-12(5-2)6-3/h10-12H,4-9H2,1-3H3. The molecule has 0 rings (SSSR count). The highest BCUT2D eigenvalue weighted by Crippen LogP contribution is 2.10. The molecule has 0 atom stereocenters. The van der Waals surface area contributed by atoms with E-state index in [0.29, 0.717) is 0 Å². The van der Waals surface area contributed by atoms with E-state index in [4.69, 9.17) is 0 Å². The molecule has 12 heavy (non-hydrogen) atoms. The van der Waals surface area contributed by atoms with Crippen LogP contribution in [0.25, 0.3) is 0 Å². The summed E-state index contributed by atoms with van der Waals surface area (Å²) in [5, 5.41) is 0. The summed E-state index contributed by atoms with van der Waals surface area (Å²) < 4.78 is 0. The Hall–Kier alpha value is -0.260. The average Bonchev–Trinajstić information content (AvgIpc) is 2.11. The number of rotatable bonds is 7. The predicted octanol–water partition coefficient (Wildman–Crippen LogP) is 4.56. The Morgan fingerprint density at radius 2 is 1.67 bits per heavy atom. The fourth-order valence-electron chi connectivity index (χ4n) is 1.36. The molecule has 0 heteroatoms. The molecule has 0 unspecified atom stereocenters. The molecule has 0 aliphatic rings. The van der Waals surface area contributed by atoms with Crippen LogP contribution in [0.15, 0.2) is 12.2 Å². The minimum atomic E-state index is 0.826. The van der Waals surface area contributed by atoms with Gasteiger partial charge >= 0.3 is 0 Å². The molecule has 0 radical (unpaired) electrons. The maximum absolute atomic E-state index is 2.40. The lowest BCUT2D eigenvalue weighted by Gasteiger charge is -2.04. The van der Waals surface area contributed by atoms with Gasteiger partial charge in [-0.1, -0.05) is 45.8 Å². The van der Waals surface area contributed by atoms with Crippen molar-refractivity contribution in [1.29, 1.82) is 0 Å². The highest BCUT2D eigenvalue weighted by atomic mass is 14.0. The van der Waals surface area contributed by atoms with Crippen LogP contribution in [-0.2, 0) is 0 Å². The molecule has 0 fully saturated rings. The van der Waals surface area contributed by atoms with Crippen molar-refractivity contribution < 1.29 is 0 Å². The molecule has 0 spiro atoms. The van der Waals surface area contributed by atoms with E-state index >= 15 is 0 Å². The van der Waals surface area contributed by atoms with Crippen LogP contribution >= 0.6 is 0 Å². The van der Waals surface area contributed by atoms with Gasteiger partial charge in [0, 0.05) is 0 Å². The monoisotopic (exact) mass is 168 g/mol. The highest BCUT2D eigenvalue weighted by Gasteiger charge is 1.95. The van der Waals surface area contributed by atoms with E-state index < -0.39 is 0 Å². The van der Waals surface area contributed by atoms with Gasteiger partial charge in [-0.2, -0.15) is 0 Å². The van der Waals surface area contributed by atoms with E-state index in [1.807, 2.05) is 0 Å². The van der Waals surface area contributed by atoms with Crippen LogP contribution in [0, 0.1) is 5.92 Å². The summed E-state index contributed by atoms with van der Waals surface area (Å²) >= 11 is 0. The Kier molecular flexibility index (Phi) is 8.64. The van der Waals surface area contributed by atoms with Crippen LogP contribution in [0.4, 0.5) is 0 Å². The third kappa shape index (κ3) is 6.45. The molecule has 0 aromatic carbocycles. The minimum Gasteiger partial charge on any atom is -0.0883 e. The van der Waals surface area contributed by atoms with Gasteiger partial charge in [-0.25, -0.2) is 0 Å². The van der Waals surface area contributed by atoms with E-state index in [1.165, 1.54) is 38.5 Å². The Labute approximate surface area is 78.1 Å². The molecule has 0 heterocycles. The van der Waals surface area contributed by atoms with Crippen molar-refractivity contribution in [1.82, 2.24) is 0 Å². The molecular weight excluding hydrogens is 144 g/mol. The summed E-state index contributed by atoms with van der Waals surface area (Å²) in [6.07, 6.45) is 12.7. The van der Waals surface area contributed by atoms with Crippen LogP contribution in [0.2, 0.25) is 0 Å². The second-order valence-corrected chi connectivity index (χ2v) is 3.50. The maximum Gasteiger partial charge on any atom is -0.0239 e. The van der Waals surface area contributed by atoms with Gasteiger partial charge in [-0.3, -0.25) is 0 Å². The summed E-state index contributed by atoms with van der Waals surface area (Å²) in [4.78, 5) is 0. The minimum absolute atomic E-state index is 0.826. The van der Waals surface area contributed by atoms with Crippen LogP contribution < -0.4 is 0 Å². The lowest BCUT2D eigenvalue weighted by atomic mass is 10.0. The molecule has 0 bridgehead atoms. The van der Waals surface area contributed by atoms with E-state index in [0.717, 1.165) is 5.92 Å². The smallest absolute Gasteiger partial charge is 0.0239 e. The van der Waals surface area contributed by atoms with Gasteiger partial charge < -0.3 is 0 Å². The van der Waals surface area contributed by atoms with Gasteiger partial charge in [-0.15, -0.1) is 0 Å². The quantitative estimate of drug-likeness (QED) is 0.386. The van der Waals surface area contributed by atoms with Crippen molar-refractivity contribution in [2.45, 2.75) is 59.3 Å². The Balaban J connectivity index is 3.32. The number of allylic oxidation sites excluding steroid dienone is 2. The number of hydrogen-bond acceptors (Lipinski definition) is 0. The SMILES string of the molecule is CCCCCC=CC(CC)CC. The van der Waals surface area contributed by atoms with Gasteiger partial charge in [0.15, 0.2) is 0 Å². The Morgan fingerprint density at radius 3 is 2.17 bits per heavy atom. The molecule has 0 aliphatic heterocycles. The summed E-state index contributed by atoms with van der Waals surface area (Å²) in [6.45, 7) is 6.79. The molecule has 0 saturated heterocycles. The van der Waals surface area contributed by atoms with Crippen LogP contribution in [-0.4, -0.2) is 0 Å². The predicted molar refractivity (Wildman–Crippen MR) is 57.4 cm³/mol. The molecule has 0 amide bonds. The first-order valence-electron chi connectivity index (χ1n) is 5.51. The second kappa shape index (κ2) is 8.83. The normalized spacial score (nSPS) is 11.7. The van der Waals surface area contributed by atoms with Gasteiger partial charge in [0.05, 0.1) is 0 Å². The highest BCUT2D eigenvalue weighted by molar-refractivity contribution is 4.87. The first-order valence-corrected chi connectivity index (χ1v) is 5.51. The van der Waals surface area contributed by atoms with Crippen LogP contribution in [0.3, 0.4) is 0 Å². The topological polar surface area (TPSA) is 0 Å². The van der Waals surface area contributed by atoms with Gasteiger partial charge in [0.25, 0.3) is 0 Å². The largest absolute Gasteiger partial charge is 0.0883 e. The maximum atomic E-state index is 2.40. The molecular formula is C12H24. The summed E-state index contributed by atoms with van der Waals surface area (Å²) in [6, 6.07) is 0. The third-order valence-electron chi connectivity index (χ3n) is 2.43. The molecule has 0 N–H and O–H groups in total. The third-order valence-corrected chi connectivity index (χ3v) is 2.43. The van der Waals surface area contributed by atoms with Crippen molar-refractivity contribution in [3.63, 3.8) is 0 Å². The van der Waals surface area contributed by atoms with E-state index in [1.54, 1.807) is 0 Å². The zero-order valence-electron chi connectivity index (χ0n) is 8.97. The fraction of sp³-hybridized carbons (Fsp3) is 0.833. The zero-order chi connectivity index (χ0) is 9.23. The van der Waals surface area contributed by atoms with Crippen molar-refractivity contribution in [2.75, 3.05) is 0 Å². The van der Waals surface area contributed by atoms with E-state index in [9.17, 15) is 0 Å². The van der Waals surface area contributed by atoms with Crippen molar-refractivity contribution in [3.05, 3.63) is 12.2 Å². The zero-order valence-corrected chi connectivity index (χ0v) is 8.97. The molecule has 0 aromatic rings. The Morgan fingerprint density at radius 1 is 1.00 bits per heavy atom. The Bertz CT molecular complexity index is 98.6. The van der Waals surface area contributed by atoms with Crippen molar-refractivity contribution in [3.8, 4) is 0 Å². The van der Waals surface area contributed by atoms with E-state index in [-0.39, 0.29) is 0 Å². The van der Waals surface area contributed by atoms with Crippen molar-refractivity contribution in [2.24, 2.45) is 5.92 Å². The first-order chi connectivity index (χ1) is 5.85. The molecule has 0 aliphatic carbocycles. The molecule has 0 nitrogen and oxygen atoms in total. The average molecular weight is 168 g/mol.